The number of phenols is 1. The van der Waals surface area contributed by atoms with Crippen molar-refractivity contribution in [1.82, 2.24) is 4.90 Å². The lowest BCUT2D eigenvalue weighted by Gasteiger charge is -2.34. The van der Waals surface area contributed by atoms with Crippen LogP contribution in [0.2, 0.25) is 0 Å². The maximum Gasteiger partial charge on any atom is 0.241 e. The number of carbonyl (C=O) groups excluding carboxylic acids is 2. The van der Waals surface area contributed by atoms with Crippen LogP contribution in [-0.2, 0) is 9.59 Å². The number of aryl methyl sites for hydroxylation is 1. The van der Waals surface area contributed by atoms with E-state index in [1.165, 1.54) is 0 Å². The van der Waals surface area contributed by atoms with E-state index in [1.54, 1.807) is 24.3 Å². The van der Waals surface area contributed by atoms with Gasteiger partial charge in [0.05, 0.1) is 17.4 Å². The second-order valence-corrected chi connectivity index (χ2v) is 8.32. The van der Waals surface area contributed by atoms with Gasteiger partial charge in [-0.15, -0.1) is 0 Å². The van der Waals surface area contributed by atoms with Crippen molar-refractivity contribution in [2.24, 2.45) is 5.92 Å². The molecule has 0 bridgehead atoms. The molecule has 0 aromatic heterocycles. The molecule has 0 unspecified atom stereocenters. The summed E-state index contributed by atoms with van der Waals surface area (Å²) in [4.78, 5) is 27.3. The van der Waals surface area contributed by atoms with Crippen LogP contribution in [-0.4, -0.2) is 41.0 Å². The molecule has 0 radical (unpaired) electrons. The van der Waals surface area contributed by atoms with Gasteiger partial charge in [-0.2, -0.15) is 0 Å². The summed E-state index contributed by atoms with van der Waals surface area (Å²) in [5.41, 5.74) is 2.30. The van der Waals surface area contributed by atoms with Crippen LogP contribution < -0.4 is 10.6 Å². The van der Waals surface area contributed by atoms with Gasteiger partial charge in [0.1, 0.15) is 5.75 Å². The maximum atomic E-state index is 12.7. The molecule has 1 heterocycles. The maximum absolute atomic E-state index is 12.7. The van der Waals surface area contributed by atoms with E-state index in [0.29, 0.717) is 31.6 Å². The van der Waals surface area contributed by atoms with Gasteiger partial charge in [0.15, 0.2) is 0 Å². The Morgan fingerprint density at radius 3 is 2.45 bits per heavy atom. The van der Waals surface area contributed by atoms with E-state index < -0.39 is 0 Å². The molecule has 7 heteroatoms. The van der Waals surface area contributed by atoms with Gasteiger partial charge in [-0.1, -0.05) is 18.2 Å². The molecule has 29 heavy (non-hydrogen) atoms. The predicted molar refractivity (Wildman–Crippen MR) is 118 cm³/mol. The number of anilines is 2. The Morgan fingerprint density at radius 2 is 1.79 bits per heavy atom. The van der Waals surface area contributed by atoms with Crippen molar-refractivity contribution in [1.29, 1.82) is 0 Å². The number of hydrogen-bond acceptors (Lipinski definition) is 4. The Balaban J connectivity index is 1.52. The summed E-state index contributed by atoms with van der Waals surface area (Å²) in [6.45, 7) is 5.23. The smallest absolute Gasteiger partial charge is 0.241 e. The molecule has 1 aliphatic heterocycles. The summed E-state index contributed by atoms with van der Waals surface area (Å²) in [7, 11) is 0. The molecular formula is C22H26BrN3O3. The number of carbonyl (C=O) groups is 2. The Bertz CT molecular complexity index is 895. The summed E-state index contributed by atoms with van der Waals surface area (Å²) in [5.74, 6) is -0.225. The monoisotopic (exact) mass is 459 g/mol. The van der Waals surface area contributed by atoms with Crippen LogP contribution in [0.5, 0.6) is 5.75 Å². The summed E-state index contributed by atoms with van der Waals surface area (Å²) < 4.78 is 0.859. The molecule has 3 N–H and O–H groups in total. The lowest BCUT2D eigenvalue weighted by atomic mass is 9.94. The van der Waals surface area contributed by atoms with Crippen molar-refractivity contribution in [3.05, 3.63) is 52.5 Å². The van der Waals surface area contributed by atoms with Crippen molar-refractivity contribution < 1.29 is 14.7 Å². The van der Waals surface area contributed by atoms with Gasteiger partial charge in [0, 0.05) is 10.4 Å². The van der Waals surface area contributed by atoms with Crippen molar-refractivity contribution in [2.45, 2.75) is 32.7 Å². The second-order valence-electron chi connectivity index (χ2n) is 7.47. The van der Waals surface area contributed by atoms with Crippen LogP contribution >= 0.6 is 15.9 Å². The zero-order valence-corrected chi connectivity index (χ0v) is 18.2. The van der Waals surface area contributed by atoms with Crippen LogP contribution in [0.4, 0.5) is 11.4 Å². The van der Waals surface area contributed by atoms with E-state index in [-0.39, 0.29) is 29.5 Å². The fourth-order valence-corrected chi connectivity index (χ4v) is 4.08. The van der Waals surface area contributed by atoms with Crippen LogP contribution in [0, 0.1) is 12.8 Å². The molecule has 6 nitrogen and oxygen atoms in total. The number of piperidine rings is 1. The quantitative estimate of drug-likeness (QED) is 0.586. The number of hydrogen-bond donors (Lipinski definition) is 3. The molecule has 0 saturated carbocycles. The van der Waals surface area contributed by atoms with Gasteiger partial charge in [0.2, 0.25) is 11.8 Å². The molecule has 2 amide bonds. The second kappa shape index (κ2) is 9.41. The lowest BCUT2D eigenvalue weighted by Crippen LogP contribution is -2.47. The minimum atomic E-state index is -0.287. The standard InChI is InChI=1S/C22H26BrN3O3/c1-14-7-8-18(17(23)13-14)24-21(28)15(2)26-11-9-16(10-12-26)22(29)25-19-5-3-4-6-20(19)27/h3-8,13,15-16,27H,9-12H2,1-2H3,(H,24,28)(H,25,29)/t15-/m1/s1. The van der Waals surface area contributed by atoms with Crippen LogP contribution in [0.15, 0.2) is 46.9 Å². The number of likely N-dealkylation sites (tertiary alicyclic amines) is 1. The summed E-state index contributed by atoms with van der Waals surface area (Å²) in [6, 6.07) is 12.2. The lowest BCUT2D eigenvalue weighted by molar-refractivity contribution is -0.123. The number of benzene rings is 2. The summed E-state index contributed by atoms with van der Waals surface area (Å²) in [5, 5.41) is 15.6. The SMILES string of the molecule is Cc1ccc(NC(=O)[C@@H](C)N2CCC(C(=O)Nc3ccccc3O)CC2)c(Br)c1. The van der Waals surface area contributed by atoms with Gasteiger partial charge in [-0.3, -0.25) is 14.5 Å². The molecule has 1 saturated heterocycles. The molecule has 2 aromatic carbocycles. The van der Waals surface area contributed by atoms with Gasteiger partial charge in [0.25, 0.3) is 0 Å². The first-order valence-electron chi connectivity index (χ1n) is 9.75. The Morgan fingerprint density at radius 1 is 1.10 bits per heavy atom. The average Bonchev–Trinajstić information content (AvgIpc) is 2.71. The van der Waals surface area contributed by atoms with E-state index in [4.69, 9.17) is 0 Å². The molecular weight excluding hydrogens is 434 g/mol. The highest BCUT2D eigenvalue weighted by Crippen LogP contribution is 2.26. The van der Waals surface area contributed by atoms with Gasteiger partial charge < -0.3 is 15.7 Å². The third kappa shape index (κ3) is 5.36. The fourth-order valence-electron chi connectivity index (χ4n) is 3.49. The largest absolute Gasteiger partial charge is 0.506 e. The number of amides is 2. The molecule has 3 rings (SSSR count). The normalized spacial score (nSPS) is 16.2. The predicted octanol–water partition coefficient (Wildman–Crippen LogP) is 4.14. The number of phenolic OH excluding ortho intramolecular Hbond substituents is 1. The zero-order valence-electron chi connectivity index (χ0n) is 16.6. The summed E-state index contributed by atoms with van der Waals surface area (Å²) >= 11 is 3.49. The third-order valence-electron chi connectivity index (χ3n) is 5.37. The first kappa shape index (κ1) is 21.3. The van der Waals surface area contributed by atoms with E-state index in [1.807, 2.05) is 32.0 Å². The van der Waals surface area contributed by atoms with Crippen molar-refractivity contribution >= 4 is 39.1 Å². The molecule has 1 aliphatic rings. The molecule has 1 atom stereocenters. The highest BCUT2D eigenvalue weighted by atomic mass is 79.9. The number of aromatic hydroxyl groups is 1. The highest BCUT2D eigenvalue weighted by molar-refractivity contribution is 9.10. The Kier molecular flexibility index (Phi) is 6.92. The topological polar surface area (TPSA) is 81.7 Å². The Hall–Kier alpha value is -2.38. The number of nitrogens with zero attached hydrogens (tertiary/aromatic N) is 1. The van der Waals surface area contributed by atoms with Crippen molar-refractivity contribution in [2.75, 3.05) is 23.7 Å². The first-order valence-corrected chi connectivity index (χ1v) is 10.5. The minimum absolute atomic E-state index is 0.0610. The van der Waals surface area contributed by atoms with Crippen LogP contribution in [0.25, 0.3) is 0 Å². The zero-order chi connectivity index (χ0) is 21.0. The van der Waals surface area contributed by atoms with E-state index in [0.717, 1.165) is 15.7 Å². The van der Waals surface area contributed by atoms with E-state index >= 15 is 0 Å². The molecule has 2 aromatic rings. The fraction of sp³-hybridized carbons (Fsp3) is 0.364. The first-order chi connectivity index (χ1) is 13.8. The van der Waals surface area contributed by atoms with Gasteiger partial charge >= 0.3 is 0 Å². The van der Waals surface area contributed by atoms with Crippen molar-refractivity contribution in [3.8, 4) is 5.75 Å². The Labute approximate surface area is 179 Å². The number of halogens is 1. The van der Waals surface area contributed by atoms with E-state index in [2.05, 4.69) is 31.5 Å². The number of para-hydroxylation sites is 2. The minimum Gasteiger partial charge on any atom is -0.506 e. The molecule has 0 aliphatic carbocycles. The average molecular weight is 460 g/mol. The number of nitrogens with one attached hydrogen (secondary N) is 2. The molecule has 0 spiro atoms. The van der Waals surface area contributed by atoms with E-state index in [9.17, 15) is 14.7 Å². The summed E-state index contributed by atoms with van der Waals surface area (Å²) in [6.07, 6.45) is 1.34. The van der Waals surface area contributed by atoms with Gasteiger partial charge in [-0.05, 0) is 85.5 Å². The number of rotatable bonds is 5. The molecule has 1 fully saturated rings. The highest BCUT2D eigenvalue weighted by Gasteiger charge is 2.30. The molecule has 154 valence electrons. The van der Waals surface area contributed by atoms with Gasteiger partial charge in [-0.25, -0.2) is 0 Å². The van der Waals surface area contributed by atoms with Crippen LogP contribution in [0.1, 0.15) is 25.3 Å². The third-order valence-corrected chi connectivity index (χ3v) is 6.03. The van der Waals surface area contributed by atoms with Crippen molar-refractivity contribution in [3.63, 3.8) is 0 Å². The van der Waals surface area contributed by atoms with Crippen LogP contribution in [0.3, 0.4) is 0 Å².